The second-order valence-corrected chi connectivity index (χ2v) is 3.26. The Bertz CT molecular complexity index is 477. The predicted molar refractivity (Wildman–Crippen MR) is 58.3 cm³/mol. The summed E-state index contributed by atoms with van der Waals surface area (Å²) in [6.07, 6.45) is 0. The Hall–Kier alpha value is -1.62. The molecule has 4 nitrogen and oxygen atoms in total. The van der Waals surface area contributed by atoms with Gasteiger partial charge in [0.15, 0.2) is 0 Å². The lowest BCUT2D eigenvalue weighted by Crippen LogP contribution is -2.12. The van der Waals surface area contributed by atoms with Crippen molar-refractivity contribution in [2.45, 2.75) is 6.54 Å². The maximum absolute atomic E-state index is 13.0. The van der Waals surface area contributed by atoms with Gasteiger partial charge in [-0.05, 0) is 12.1 Å². The van der Waals surface area contributed by atoms with Gasteiger partial charge in [-0.3, -0.25) is 0 Å². The maximum atomic E-state index is 13.0. The quantitative estimate of drug-likeness (QED) is 0.796. The van der Waals surface area contributed by atoms with Gasteiger partial charge in [0.1, 0.15) is 5.82 Å². The summed E-state index contributed by atoms with van der Waals surface area (Å²) in [5.74, 6) is 0.434. The van der Waals surface area contributed by atoms with E-state index in [0.717, 1.165) is 5.52 Å². The van der Waals surface area contributed by atoms with Crippen LogP contribution in [0.5, 0.6) is 0 Å². The Morgan fingerprint density at radius 2 is 2.33 bits per heavy atom. The molecule has 0 spiro atoms. The van der Waals surface area contributed by atoms with E-state index < -0.39 is 0 Å². The third-order valence-electron chi connectivity index (χ3n) is 2.29. The van der Waals surface area contributed by atoms with Gasteiger partial charge in [-0.15, -0.1) is 0 Å². The van der Waals surface area contributed by atoms with Crippen LogP contribution in [0.3, 0.4) is 0 Å². The van der Waals surface area contributed by atoms with E-state index in [9.17, 15) is 4.39 Å². The zero-order valence-corrected chi connectivity index (χ0v) is 8.50. The molecule has 0 aliphatic heterocycles. The number of hydrogen-bond donors (Lipinski definition) is 2. The summed E-state index contributed by atoms with van der Waals surface area (Å²) in [6, 6.07) is 4.56. The van der Waals surface area contributed by atoms with Crippen LogP contribution < -0.4 is 11.1 Å². The van der Waals surface area contributed by atoms with Crippen molar-refractivity contribution in [2.75, 3.05) is 18.9 Å². The van der Waals surface area contributed by atoms with Crippen molar-refractivity contribution in [3.8, 4) is 0 Å². The molecule has 0 unspecified atom stereocenters. The average molecular weight is 208 g/mol. The minimum atomic E-state index is -0.275. The van der Waals surface area contributed by atoms with Crippen molar-refractivity contribution in [1.82, 2.24) is 9.55 Å². The summed E-state index contributed by atoms with van der Waals surface area (Å²) >= 11 is 0. The molecule has 1 aromatic carbocycles. The second-order valence-electron chi connectivity index (χ2n) is 3.26. The first-order valence-electron chi connectivity index (χ1n) is 4.80. The van der Waals surface area contributed by atoms with Crippen LogP contribution in [0.4, 0.5) is 10.3 Å². The molecule has 15 heavy (non-hydrogen) atoms. The van der Waals surface area contributed by atoms with Crippen molar-refractivity contribution in [2.24, 2.45) is 5.73 Å². The topological polar surface area (TPSA) is 55.9 Å². The highest BCUT2D eigenvalue weighted by Gasteiger charge is 2.08. The molecule has 0 aliphatic carbocycles. The van der Waals surface area contributed by atoms with Crippen LogP contribution >= 0.6 is 0 Å². The summed E-state index contributed by atoms with van der Waals surface area (Å²) in [5.41, 5.74) is 7.05. The molecule has 3 N–H and O–H groups in total. The van der Waals surface area contributed by atoms with Gasteiger partial charge in [0.25, 0.3) is 0 Å². The van der Waals surface area contributed by atoms with E-state index in [1.807, 2.05) is 4.57 Å². The van der Waals surface area contributed by atoms with Gasteiger partial charge in [-0.1, -0.05) is 0 Å². The number of nitrogens with two attached hydrogens (primary N) is 1. The fraction of sp³-hybridized carbons (Fsp3) is 0.300. The Morgan fingerprint density at radius 3 is 3.00 bits per heavy atom. The van der Waals surface area contributed by atoms with E-state index in [1.54, 1.807) is 13.1 Å². The highest BCUT2D eigenvalue weighted by atomic mass is 19.1. The third-order valence-corrected chi connectivity index (χ3v) is 2.29. The number of nitrogens with zero attached hydrogens (tertiary/aromatic N) is 2. The van der Waals surface area contributed by atoms with E-state index in [4.69, 9.17) is 5.73 Å². The lowest BCUT2D eigenvalue weighted by Gasteiger charge is -2.05. The first-order chi connectivity index (χ1) is 7.26. The van der Waals surface area contributed by atoms with Gasteiger partial charge in [-0.2, -0.15) is 0 Å². The number of aromatic nitrogens is 2. The minimum Gasteiger partial charge on any atom is -0.359 e. The van der Waals surface area contributed by atoms with Gasteiger partial charge in [0.2, 0.25) is 5.95 Å². The van der Waals surface area contributed by atoms with E-state index in [-0.39, 0.29) is 5.82 Å². The second kappa shape index (κ2) is 3.86. The molecule has 1 aromatic heterocycles. The molecular weight excluding hydrogens is 195 g/mol. The molecule has 2 aromatic rings. The van der Waals surface area contributed by atoms with E-state index >= 15 is 0 Å². The van der Waals surface area contributed by atoms with Crippen LogP contribution in [0.15, 0.2) is 18.2 Å². The summed E-state index contributed by atoms with van der Waals surface area (Å²) < 4.78 is 14.9. The van der Waals surface area contributed by atoms with E-state index in [0.29, 0.717) is 24.6 Å². The summed E-state index contributed by atoms with van der Waals surface area (Å²) in [6.45, 7) is 1.19. The number of rotatable bonds is 3. The zero-order valence-electron chi connectivity index (χ0n) is 8.50. The number of hydrogen-bond acceptors (Lipinski definition) is 3. The summed E-state index contributed by atoms with van der Waals surface area (Å²) in [5, 5.41) is 2.96. The molecule has 80 valence electrons. The molecule has 0 fully saturated rings. The lowest BCUT2D eigenvalue weighted by atomic mass is 10.3. The van der Waals surface area contributed by atoms with Gasteiger partial charge < -0.3 is 15.6 Å². The predicted octanol–water partition coefficient (Wildman–Crippen LogP) is 1.18. The fourth-order valence-corrected chi connectivity index (χ4v) is 1.65. The zero-order chi connectivity index (χ0) is 10.8. The molecular formula is C10H13FN4. The number of anilines is 1. The molecule has 0 amide bonds. The number of halogens is 1. The summed E-state index contributed by atoms with van der Waals surface area (Å²) in [4.78, 5) is 4.27. The molecule has 0 atom stereocenters. The van der Waals surface area contributed by atoms with Crippen molar-refractivity contribution < 1.29 is 4.39 Å². The fourth-order valence-electron chi connectivity index (χ4n) is 1.65. The minimum absolute atomic E-state index is 0.275. The smallest absolute Gasteiger partial charge is 0.203 e. The van der Waals surface area contributed by atoms with Crippen LogP contribution in [-0.4, -0.2) is 23.1 Å². The molecule has 0 aliphatic rings. The van der Waals surface area contributed by atoms with Crippen molar-refractivity contribution in [1.29, 1.82) is 0 Å². The Kier molecular flexibility index (Phi) is 2.55. The maximum Gasteiger partial charge on any atom is 0.203 e. The lowest BCUT2D eigenvalue weighted by molar-refractivity contribution is 0.629. The van der Waals surface area contributed by atoms with Gasteiger partial charge >= 0.3 is 0 Å². The van der Waals surface area contributed by atoms with Crippen molar-refractivity contribution >= 4 is 17.0 Å². The number of benzene rings is 1. The normalized spacial score (nSPS) is 10.9. The van der Waals surface area contributed by atoms with E-state index in [1.165, 1.54) is 12.1 Å². The summed E-state index contributed by atoms with van der Waals surface area (Å²) in [7, 11) is 1.78. The Morgan fingerprint density at radius 1 is 1.53 bits per heavy atom. The van der Waals surface area contributed by atoms with Crippen LogP contribution in [0, 0.1) is 5.82 Å². The third kappa shape index (κ3) is 1.66. The molecule has 0 bridgehead atoms. The van der Waals surface area contributed by atoms with Crippen LogP contribution in [0.25, 0.3) is 11.0 Å². The molecule has 0 saturated heterocycles. The highest BCUT2D eigenvalue weighted by molar-refractivity contribution is 5.78. The molecule has 1 heterocycles. The SMILES string of the molecule is CNc1nc2cc(F)ccc2n1CCN. The van der Waals surface area contributed by atoms with Crippen molar-refractivity contribution in [3.05, 3.63) is 24.0 Å². The van der Waals surface area contributed by atoms with Gasteiger partial charge in [0.05, 0.1) is 11.0 Å². The monoisotopic (exact) mass is 208 g/mol. The highest BCUT2D eigenvalue weighted by Crippen LogP contribution is 2.19. The standard InChI is InChI=1S/C10H13FN4/c1-13-10-14-8-6-7(11)2-3-9(8)15(10)5-4-12/h2-3,6H,4-5,12H2,1H3,(H,13,14). The van der Waals surface area contributed by atoms with Gasteiger partial charge in [-0.25, -0.2) is 9.37 Å². The molecule has 5 heteroatoms. The van der Waals surface area contributed by atoms with Crippen LogP contribution in [0.1, 0.15) is 0 Å². The number of fused-ring (bicyclic) bond motifs is 1. The van der Waals surface area contributed by atoms with Crippen molar-refractivity contribution in [3.63, 3.8) is 0 Å². The first kappa shape index (κ1) is 9.92. The van der Waals surface area contributed by atoms with E-state index in [2.05, 4.69) is 10.3 Å². The molecule has 0 radical (unpaired) electrons. The van der Waals surface area contributed by atoms with Gasteiger partial charge in [0, 0.05) is 26.2 Å². The van der Waals surface area contributed by atoms with Crippen LogP contribution in [0.2, 0.25) is 0 Å². The number of nitrogens with one attached hydrogen (secondary N) is 1. The Labute approximate surface area is 86.9 Å². The Balaban J connectivity index is 2.63. The van der Waals surface area contributed by atoms with Crippen LogP contribution in [-0.2, 0) is 6.54 Å². The first-order valence-corrected chi connectivity index (χ1v) is 4.80. The largest absolute Gasteiger partial charge is 0.359 e. The molecule has 2 rings (SSSR count). The average Bonchev–Trinajstić information content (AvgIpc) is 2.56. The number of imidazole rings is 1. The molecule has 0 saturated carbocycles.